The topological polar surface area (TPSA) is 18.8 Å². The van der Waals surface area contributed by atoms with Crippen molar-refractivity contribution in [2.45, 2.75) is 93.4 Å². The Morgan fingerprint density at radius 3 is 2.12 bits per heavy atom. The first-order chi connectivity index (χ1) is 31.3. The van der Waals surface area contributed by atoms with Gasteiger partial charge in [0.2, 0.25) is 0 Å². The van der Waals surface area contributed by atoms with E-state index >= 15 is 0 Å². The predicted octanol–water partition coefficient (Wildman–Crippen LogP) is 17.3. The van der Waals surface area contributed by atoms with Crippen LogP contribution in [0.4, 0.5) is 17.1 Å². The summed E-state index contributed by atoms with van der Waals surface area (Å²) < 4.78 is 0. The van der Waals surface area contributed by atoms with Gasteiger partial charge in [-0.3, -0.25) is 0 Å². The van der Waals surface area contributed by atoms with E-state index in [9.17, 15) is 0 Å². The van der Waals surface area contributed by atoms with Crippen LogP contribution in [0, 0.1) is 18.3 Å². The minimum absolute atomic E-state index is 0.0327. The molecule has 2 atom stereocenters. The first kappa shape index (κ1) is 50.6. The molecule has 3 aliphatic rings. The Labute approximate surface area is 392 Å². The summed E-state index contributed by atoms with van der Waals surface area (Å²) in [4.78, 5) is 9.34. The van der Waals surface area contributed by atoms with Crippen LogP contribution in [-0.2, 0) is 0 Å². The van der Waals surface area contributed by atoms with Crippen LogP contribution in [0.15, 0.2) is 203 Å². The molecule has 0 aromatic heterocycles. The van der Waals surface area contributed by atoms with Gasteiger partial charge in [0.05, 0.1) is 0 Å². The SMILES string of the molecule is C#CC(C/C=C(/C1=C(C)CCC=C1)C(C)CC)c1ccc(N(c2ccc(C3=N/C=C\C=C/C(=C)N3C/C=C\C=C/C)cc2)c2ccc(/C3=C/SCC/C=C\C3=C)cc2)cc1.CC.CC. The number of thioether (sulfide) groups is 1. The highest BCUT2D eigenvalue weighted by Crippen LogP contribution is 2.38. The Morgan fingerprint density at radius 2 is 1.50 bits per heavy atom. The lowest BCUT2D eigenvalue weighted by Crippen LogP contribution is -2.30. The smallest absolute Gasteiger partial charge is 0.140 e. The maximum absolute atomic E-state index is 6.28. The summed E-state index contributed by atoms with van der Waals surface area (Å²) in [5.41, 5.74) is 13.8. The van der Waals surface area contributed by atoms with Crippen molar-refractivity contribution < 1.29 is 0 Å². The molecule has 2 unspecified atom stereocenters. The molecule has 0 N–H and O–H groups in total. The number of aliphatic imine (C=N–C) groups is 1. The number of amidine groups is 1. The fourth-order valence-corrected chi connectivity index (χ4v) is 8.50. The zero-order valence-corrected chi connectivity index (χ0v) is 40.7. The maximum atomic E-state index is 6.28. The molecule has 4 heteroatoms. The molecule has 0 bridgehead atoms. The Morgan fingerprint density at radius 1 is 0.859 bits per heavy atom. The van der Waals surface area contributed by atoms with Crippen LogP contribution in [0.2, 0.25) is 0 Å². The first-order valence-corrected chi connectivity index (χ1v) is 24.3. The van der Waals surface area contributed by atoms with Crippen molar-refractivity contribution in [2.24, 2.45) is 10.9 Å². The third kappa shape index (κ3) is 13.7. The van der Waals surface area contributed by atoms with E-state index in [4.69, 9.17) is 11.4 Å². The number of anilines is 3. The third-order valence-corrected chi connectivity index (χ3v) is 12.2. The number of hydrogen-bond donors (Lipinski definition) is 0. The molecule has 0 radical (unpaired) electrons. The van der Waals surface area contributed by atoms with E-state index in [1.54, 1.807) is 0 Å². The van der Waals surface area contributed by atoms with E-state index in [0.29, 0.717) is 12.5 Å². The number of hydrogen-bond acceptors (Lipinski definition) is 4. The van der Waals surface area contributed by atoms with Gasteiger partial charge in [-0.1, -0.05) is 151 Å². The Kier molecular flexibility index (Phi) is 21.5. The predicted molar refractivity (Wildman–Crippen MR) is 287 cm³/mol. The molecule has 3 aromatic carbocycles. The lowest BCUT2D eigenvalue weighted by Gasteiger charge is -2.28. The summed E-state index contributed by atoms with van der Waals surface area (Å²) in [5, 5.41) is 2.25. The maximum Gasteiger partial charge on any atom is 0.140 e. The Hall–Kier alpha value is -6.02. The lowest BCUT2D eigenvalue weighted by atomic mass is 9.83. The van der Waals surface area contributed by atoms with E-state index in [2.05, 4.69) is 170 Å². The molecule has 3 aromatic rings. The second kappa shape index (κ2) is 27.2. The molecule has 0 saturated heterocycles. The summed E-state index contributed by atoms with van der Waals surface area (Å²) in [6, 6.07) is 26.3. The number of allylic oxidation sites excluding steroid dienone is 16. The number of nitrogens with zero attached hydrogens (tertiary/aromatic N) is 3. The average Bonchev–Trinajstić information content (AvgIpc) is 3.32. The summed E-state index contributed by atoms with van der Waals surface area (Å²) >= 11 is 1.84. The van der Waals surface area contributed by atoms with Crippen LogP contribution in [0.3, 0.4) is 0 Å². The molecule has 0 saturated carbocycles. The van der Waals surface area contributed by atoms with Gasteiger partial charge in [0.1, 0.15) is 5.84 Å². The second-order valence-electron chi connectivity index (χ2n) is 15.4. The summed E-state index contributed by atoms with van der Waals surface area (Å²) in [5.74, 6) is 5.47. The zero-order chi connectivity index (χ0) is 46.3. The van der Waals surface area contributed by atoms with Crippen molar-refractivity contribution in [1.82, 2.24) is 4.90 Å². The molecule has 2 aliphatic heterocycles. The molecule has 3 nitrogen and oxygen atoms in total. The van der Waals surface area contributed by atoms with E-state index in [1.807, 2.05) is 83.0 Å². The van der Waals surface area contributed by atoms with Crippen molar-refractivity contribution in [3.05, 3.63) is 215 Å². The second-order valence-corrected chi connectivity index (χ2v) is 16.4. The van der Waals surface area contributed by atoms with E-state index in [-0.39, 0.29) is 5.92 Å². The molecular formula is C60H71N3S. The van der Waals surface area contributed by atoms with Crippen LogP contribution in [0.1, 0.15) is 110 Å². The van der Waals surface area contributed by atoms with Gasteiger partial charge >= 0.3 is 0 Å². The zero-order valence-electron chi connectivity index (χ0n) is 39.9. The fourth-order valence-electron chi connectivity index (χ4n) is 7.65. The van der Waals surface area contributed by atoms with Crippen molar-refractivity contribution >= 4 is 40.2 Å². The minimum atomic E-state index is -0.0327. The summed E-state index contributed by atoms with van der Waals surface area (Å²) in [6.07, 6.45) is 38.9. The van der Waals surface area contributed by atoms with Crippen LogP contribution in [0.5, 0.6) is 0 Å². The van der Waals surface area contributed by atoms with Gasteiger partial charge in [-0.2, -0.15) is 0 Å². The van der Waals surface area contributed by atoms with Crippen molar-refractivity contribution in [1.29, 1.82) is 0 Å². The first-order valence-electron chi connectivity index (χ1n) is 23.3. The number of benzene rings is 3. The van der Waals surface area contributed by atoms with Crippen molar-refractivity contribution in [3.63, 3.8) is 0 Å². The molecule has 2 heterocycles. The standard InChI is InChI=1S/C56H59N3S.2C2H6/c1-8-11-12-18-39-58-45(7)22-15-17-38-57-56(58)49-28-35-52(36-29-49)59(51-33-26-48(27-34-51)55-41-60-40-19-16-21-44(55)6)50-31-24-47(25-32-50)46(10-3)30-37-54(42(4)9-2)53-23-14-13-20-43(53)5;2*1-2/h3,8,11-12,14-18,21-29,31-38,41-42,46H,6-7,9,13,19-20,30,39-40H2,1-2,4-5H3;2*1-2H3/b11-8-,18-12-,21-16-,22-15-,38-17-,54-37+,55-41+,57-56?;;. The fraction of sp³-hybridized carbons (Fsp3) is 0.283. The molecule has 0 fully saturated rings. The number of terminal acetylenes is 1. The van der Waals surface area contributed by atoms with Gasteiger partial charge in [0.25, 0.3) is 0 Å². The largest absolute Gasteiger partial charge is 0.323 e. The molecule has 332 valence electrons. The van der Waals surface area contributed by atoms with Gasteiger partial charge in [-0.15, -0.1) is 18.2 Å². The molecule has 0 amide bonds. The molecule has 1 aliphatic carbocycles. The lowest BCUT2D eigenvalue weighted by molar-refractivity contribution is 0.590. The quantitative estimate of drug-likeness (QED) is 0.119. The highest BCUT2D eigenvalue weighted by molar-refractivity contribution is 8.02. The Bertz CT molecular complexity index is 2350. The van der Waals surface area contributed by atoms with Crippen molar-refractivity contribution in [2.75, 3.05) is 17.2 Å². The van der Waals surface area contributed by atoms with Crippen LogP contribution < -0.4 is 4.90 Å². The van der Waals surface area contributed by atoms with Gasteiger partial charge < -0.3 is 9.80 Å². The van der Waals surface area contributed by atoms with E-state index in [0.717, 1.165) is 94.3 Å². The summed E-state index contributed by atoms with van der Waals surface area (Å²) in [7, 11) is 0. The van der Waals surface area contributed by atoms with Crippen LogP contribution in [0.25, 0.3) is 5.57 Å². The van der Waals surface area contributed by atoms with Gasteiger partial charge in [-0.25, -0.2) is 4.99 Å². The molecular weight excluding hydrogens is 795 g/mol. The minimum Gasteiger partial charge on any atom is -0.323 e. The monoisotopic (exact) mass is 866 g/mol. The molecule has 64 heavy (non-hydrogen) atoms. The van der Waals surface area contributed by atoms with Crippen molar-refractivity contribution in [3.8, 4) is 12.3 Å². The Balaban J connectivity index is 0.00000218. The molecule has 6 rings (SSSR count). The molecule has 0 spiro atoms. The summed E-state index contributed by atoms with van der Waals surface area (Å²) in [6.45, 7) is 26.3. The van der Waals surface area contributed by atoms with Gasteiger partial charge in [-0.05, 0) is 151 Å². The normalized spacial score (nSPS) is 18.7. The van der Waals surface area contributed by atoms with Gasteiger partial charge in [0, 0.05) is 52.7 Å². The third-order valence-electron chi connectivity index (χ3n) is 11.3. The van der Waals surface area contributed by atoms with Crippen LogP contribution >= 0.6 is 11.8 Å². The highest BCUT2D eigenvalue weighted by atomic mass is 32.2. The highest BCUT2D eigenvalue weighted by Gasteiger charge is 2.20. The average molecular weight is 866 g/mol. The van der Waals surface area contributed by atoms with E-state index < -0.39 is 0 Å². The van der Waals surface area contributed by atoms with E-state index in [1.165, 1.54) is 16.7 Å². The number of rotatable bonds is 14. The van der Waals surface area contributed by atoms with Gasteiger partial charge in [0.15, 0.2) is 0 Å². The van der Waals surface area contributed by atoms with Crippen LogP contribution in [-0.4, -0.2) is 23.0 Å².